The van der Waals surface area contributed by atoms with Crippen LogP contribution < -0.4 is 10.1 Å². The van der Waals surface area contributed by atoms with E-state index in [0.29, 0.717) is 23.2 Å². The molecular weight excluding hydrogens is 463 g/mol. The van der Waals surface area contributed by atoms with Crippen molar-refractivity contribution in [3.63, 3.8) is 0 Å². The average Bonchev–Trinajstić information content (AvgIpc) is 2.79. The molecule has 0 saturated carbocycles. The van der Waals surface area contributed by atoms with Crippen molar-refractivity contribution in [2.45, 2.75) is 23.9 Å². The van der Waals surface area contributed by atoms with E-state index in [1.807, 2.05) is 0 Å². The zero-order chi connectivity index (χ0) is 24.1. The van der Waals surface area contributed by atoms with Gasteiger partial charge < -0.3 is 14.9 Å². The third-order valence-corrected chi connectivity index (χ3v) is 6.74. The summed E-state index contributed by atoms with van der Waals surface area (Å²) >= 11 is 0. The van der Waals surface area contributed by atoms with Crippen LogP contribution >= 0.6 is 0 Å². The summed E-state index contributed by atoms with van der Waals surface area (Å²) in [7, 11) is -2.57. The van der Waals surface area contributed by atoms with Crippen molar-refractivity contribution in [1.82, 2.24) is 4.31 Å². The van der Waals surface area contributed by atoms with Crippen LogP contribution in [0, 0.1) is 0 Å². The molecular formula is C21H22F3N3O5S. The molecule has 3 rings (SSSR count). The number of rotatable bonds is 7. The minimum absolute atomic E-state index is 0.0385. The van der Waals surface area contributed by atoms with Gasteiger partial charge in [-0.2, -0.15) is 17.5 Å². The van der Waals surface area contributed by atoms with E-state index in [-0.39, 0.29) is 32.5 Å². The maximum absolute atomic E-state index is 12.9. The second kappa shape index (κ2) is 10.2. The standard InChI is InChI=1S/C21H22F3N3O5S/c1-31-18-6-3-5-17(13-18)25-20(28)14-32-26-16-8-10-27(11-9-16)33(29,30)19-7-2-4-15(12-19)21(22,23)24/h2-7,12-13H,8-11,14H2,1H3,(H,25,28). The summed E-state index contributed by atoms with van der Waals surface area (Å²) in [6.07, 6.45) is -4.17. The first kappa shape index (κ1) is 24.5. The molecule has 2 aromatic carbocycles. The van der Waals surface area contributed by atoms with Crippen molar-refractivity contribution in [3.8, 4) is 5.75 Å². The second-order valence-electron chi connectivity index (χ2n) is 7.14. The maximum Gasteiger partial charge on any atom is 0.416 e. The molecule has 0 unspecified atom stereocenters. The van der Waals surface area contributed by atoms with Crippen molar-refractivity contribution in [1.29, 1.82) is 0 Å². The van der Waals surface area contributed by atoms with Crippen LogP contribution in [0.4, 0.5) is 18.9 Å². The van der Waals surface area contributed by atoms with Gasteiger partial charge in [0.1, 0.15) is 5.75 Å². The monoisotopic (exact) mass is 485 g/mol. The van der Waals surface area contributed by atoms with E-state index in [1.54, 1.807) is 24.3 Å². The highest BCUT2D eigenvalue weighted by atomic mass is 32.2. The number of hydrogen-bond donors (Lipinski definition) is 1. The summed E-state index contributed by atoms with van der Waals surface area (Å²) in [6.45, 7) is -0.263. The highest BCUT2D eigenvalue weighted by Gasteiger charge is 2.33. The average molecular weight is 485 g/mol. The van der Waals surface area contributed by atoms with Gasteiger partial charge in [-0.15, -0.1) is 0 Å². The van der Waals surface area contributed by atoms with E-state index in [1.165, 1.54) is 7.11 Å². The molecule has 1 saturated heterocycles. The maximum atomic E-state index is 12.9. The third kappa shape index (κ3) is 6.45. The van der Waals surface area contributed by atoms with E-state index in [0.717, 1.165) is 22.5 Å². The molecule has 2 aromatic rings. The predicted octanol–water partition coefficient (Wildman–Crippen LogP) is 3.51. The van der Waals surface area contributed by atoms with Gasteiger partial charge in [0.15, 0.2) is 6.61 Å². The Kier molecular flexibility index (Phi) is 7.59. The molecule has 0 aliphatic carbocycles. The number of ether oxygens (including phenoxy) is 1. The number of piperidine rings is 1. The molecule has 1 aliphatic heterocycles. The number of benzene rings is 2. The van der Waals surface area contributed by atoms with Crippen LogP contribution in [0.3, 0.4) is 0 Å². The molecule has 12 heteroatoms. The fraction of sp³-hybridized carbons (Fsp3) is 0.333. The Hall–Kier alpha value is -3.12. The smallest absolute Gasteiger partial charge is 0.416 e. The van der Waals surface area contributed by atoms with Gasteiger partial charge in [-0.05, 0) is 30.3 Å². The van der Waals surface area contributed by atoms with Gasteiger partial charge in [-0.1, -0.05) is 17.3 Å². The molecule has 1 heterocycles. The number of nitrogens with one attached hydrogen (secondary N) is 1. The number of sulfonamides is 1. The van der Waals surface area contributed by atoms with Gasteiger partial charge in [-0.3, -0.25) is 4.79 Å². The van der Waals surface area contributed by atoms with Crippen LogP contribution in [0.5, 0.6) is 5.75 Å². The largest absolute Gasteiger partial charge is 0.497 e. The Balaban J connectivity index is 1.52. The third-order valence-electron chi connectivity index (χ3n) is 4.84. The van der Waals surface area contributed by atoms with Gasteiger partial charge in [-0.25, -0.2) is 8.42 Å². The highest BCUT2D eigenvalue weighted by Crippen LogP contribution is 2.31. The van der Waals surface area contributed by atoms with Crippen molar-refractivity contribution in [3.05, 3.63) is 54.1 Å². The topological polar surface area (TPSA) is 97.3 Å². The number of halogens is 3. The summed E-state index contributed by atoms with van der Waals surface area (Å²) in [5.74, 6) is 0.151. The van der Waals surface area contributed by atoms with E-state index < -0.39 is 32.6 Å². The minimum atomic E-state index is -4.64. The lowest BCUT2D eigenvalue weighted by Gasteiger charge is -2.26. The van der Waals surface area contributed by atoms with Crippen LogP contribution in [0.15, 0.2) is 58.6 Å². The molecule has 1 fully saturated rings. The Labute approximate surface area is 189 Å². The van der Waals surface area contributed by atoms with Crippen LogP contribution in [-0.4, -0.2) is 51.1 Å². The lowest BCUT2D eigenvalue weighted by Crippen LogP contribution is -2.38. The van der Waals surface area contributed by atoms with Gasteiger partial charge >= 0.3 is 6.18 Å². The molecule has 0 aromatic heterocycles. The van der Waals surface area contributed by atoms with E-state index in [2.05, 4.69) is 10.5 Å². The summed E-state index contributed by atoms with van der Waals surface area (Å²) in [5, 5.41) is 6.53. The number of nitrogens with zero attached hydrogens (tertiary/aromatic N) is 2. The first-order valence-electron chi connectivity index (χ1n) is 9.88. The van der Waals surface area contributed by atoms with Crippen molar-refractivity contribution < 1.29 is 36.0 Å². The van der Waals surface area contributed by atoms with E-state index in [4.69, 9.17) is 9.57 Å². The summed E-state index contributed by atoms with van der Waals surface area (Å²) in [5.41, 5.74) is 0.0619. The molecule has 0 atom stereocenters. The summed E-state index contributed by atoms with van der Waals surface area (Å²) in [6, 6.07) is 10.4. The van der Waals surface area contributed by atoms with Crippen LogP contribution in [0.2, 0.25) is 0 Å². The molecule has 1 amide bonds. The zero-order valence-electron chi connectivity index (χ0n) is 17.6. The Morgan fingerprint density at radius 1 is 1.12 bits per heavy atom. The van der Waals surface area contributed by atoms with E-state index in [9.17, 15) is 26.4 Å². The van der Waals surface area contributed by atoms with E-state index >= 15 is 0 Å². The van der Waals surface area contributed by atoms with Crippen molar-refractivity contribution in [2.24, 2.45) is 5.16 Å². The SMILES string of the molecule is COc1cccc(NC(=O)CON=C2CCN(S(=O)(=O)c3cccc(C(F)(F)F)c3)CC2)c1. The minimum Gasteiger partial charge on any atom is -0.497 e. The van der Waals surface area contributed by atoms with Gasteiger partial charge in [0.2, 0.25) is 10.0 Å². The highest BCUT2D eigenvalue weighted by molar-refractivity contribution is 7.89. The van der Waals surface area contributed by atoms with Crippen LogP contribution in [0.1, 0.15) is 18.4 Å². The Morgan fingerprint density at radius 2 is 1.82 bits per heavy atom. The number of methoxy groups -OCH3 is 1. The zero-order valence-corrected chi connectivity index (χ0v) is 18.4. The second-order valence-corrected chi connectivity index (χ2v) is 9.08. The normalized spacial score (nSPS) is 15.1. The van der Waals surface area contributed by atoms with Crippen molar-refractivity contribution in [2.75, 3.05) is 32.1 Å². The number of carbonyl (C=O) groups excluding carboxylic acids is 1. The molecule has 1 N–H and O–H groups in total. The molecule has 0 bridgehead atoms. The molecule has 33 heavy (non-hydrogen) atoms. The Morgan fingerprint density at radius 3 is 2.48 bits per heavy atom. The number of hydrogen-bond acceptors (Lipinski definition) is 6. The first-order chi connectivity index (χ1) is 15.6. The summed E-state index contributed by atoms with van der Waals surface area (Å²) in [4.78, 5) is 16.6. The quantitative estimate of drug-likeness (QED) is 0.606. The Bertz CT molecular complexity index is 1130. The predicted molar refractivity (Wildman–Crippen MR) is 114 cm³/mol. The molecule has 0 radical (unpaired) electrons. The van der Waals surface area contributed by atoms with Gasteiger partial charge in [0.05, 0.1) is 23.3 Å². The lowest BCUT2D eigenvalue weighted by molar-refractivity contribution is -0.137. The molecule has 8 nitrogen and oxygen atoms in total. The molecule has 0 spiro atoms. The number of carbonyl (C=O) groups is 1. The fourth-order valence-electron chi connectivity index (χ4n) is 3.14. The summed E-state index contributed by atoms with van der Waals surface area (Å²) < 4.78 is 70.4. The number of amides is 1. The van der Waals surface area contributed by atoms with Gasteiger partial charge in [0.25, 0.3) is 5.91 Å². The van der Waals surface area contributed by atoms with Gasteiger partial charge in [0, 0.05) is 37.7 Å². The molecule has 178 valence electrons. The van der Waals surface area contributed by atoms with Crippen LogP contribution in [0.25, 0.3) is 0 Å². The number of oxime groups is 1. The number of alkyl halides is 3. The first-order valence-corrected chi connectivity index (χ1v) is 11.3. The number of anilines is 1. The van der Waals surface area contributed by atoms with Crippen LogP contribution in [-0.2, 0) is 25.8 Å². The van der Waals surface area contributed by atoms with Crippen molar-refractivity contribution >= 4 is 27.3 Å². The fourth-order valence-corrected chi connectivity index (χ4v) is 4.63. The molecule has 1 aliphatic rings. The lowest BCUT2D eigenvalue weighted by atomic mass is 10.1.